The van der Waals surface area contributed by atoms with Crippen molar-refractivity contribution < 1.29 is 14.7 Å². The van der Waals surface area contributed by atoms with Crippen LogP contribution in [0, 0.1) is 0 Å². The minimum absolute atomic E-state index is 0.0447. The number of Topliss-reactive ketones (excluding diaryl/α,β-unsaturated/α-hetero) is 1. The molecule has 0 aliphatic heterocycles. The first-order valence-corrected chi connectivity index (χ1v) is 6.86. The van der Waals surface area contributed by atoms with E-state index in [-0.39, 0.29) is 18.4 Å². The van der Waals surface area contributed by atoms with E-state index in [0.29, 0.717) is 11.3 Å². The van der Waals surface area contributed by atoms with Crippen LogP contribution in [0.15, 0.2) is 24.3 Å². The van der Waals surface area contributed by atoms with Gasteiger partial charge in [-0.25, -0.2) is 4.79 Å². The fourth-order valence-corrected chi connectivity index (χ4v) is 2.59. The normalized spacial score (nSPS) is 16.7. The molecule has 1 fully saturated rings. The average Bonchev–Trinajstić information content (AvgIpc) is 2.88. The van der Waals surface area contributed by atoms with Crippen molar-refractivity contribution in [2.45, 2.75) is 38.1 Å². The van der Waals surface area contributed by atoms with Gasteiger partial charge >= 0.3 is 6.03 Å². The van der Waals surface area contributed by atoms with E-state index in [1.807, 2.05) is 0 Å². The number of carbonyl (C=O) groups is 2. The number of nitrogens with one attached hydrogen (secondary N) is 2. The van der Waals surface area contributed by atoms with Crippen LogP contribution in [0.5, 0.6) is 0 Å². The van der Waals surface area contributed by atoms with Gasteiger partial charge in [0.2, 0.25) is 0 Å². The molecule has 2 amide bonds. The maximum Gasteiger partial charge on any atom is 0.319 e. The number of anilines is 1. The lowest BCUT2D eigenvalue weighted by Gasteiger charge is -2.28. The third-order valence-electron chi connectivity index (χ3n) is 3.77. The average molecular weight is 276 g/mol. The van der Waals surface area contributed by atoms with Gasteiger partial charge in [0, 0.05) is 11.3 Å². The summed E-state index contributed by atoms with van der Waals surface area (Å²) < 4.78 is 0. The maximum absolute atomic E-state index is 12.0. The molecule has 0 saturated heterocycles. The SMILES string of the molecule is CC(=O)c1cccc(NC(=O)NC2(CO)CCCC2)c1. The van der Waals surface area contributed by atoms with Crippen molar-refractivity contribution in [2.24, 2.45) is 0 Å². The number of benzene rings is 1. The Balaban J connectivity index is 2.01. The number of urea groups is 1. The monoisotopic (exact) mass is 276 g/mol. The molecule has 2 rings (SSSR count). The van der Waals surface area contributed by atoms with Crippen molar-refractivity contribution in [3.8, 4) is 0 Å². The molecular weight excluding hydrogens is 256 g/mol. The second-order valence-corrected chi connectivity index (χ2v) is 5.36. The van der Waals surface area contributed by atoms with Crippen molar-refractivity contribution in [1.82, 2.24) is 5.32 Å². The fraction of sp³-hybridized carbons (Fsp3) is 0.467. The zero-order valence-electron chi connectivity index (χ0n) is 11.6. The van der Waals surface area contributed by atoms with Gasteiger partial charge in [0.05, 0.1) is 12.1 Å². The van der Waals surface area contributed by atoms with Crippen LogP contribution in [0.2, 0.25) is 0 Å². The first-order chi connectivity index (χ1) is 9.54. The molecule has 0 unspecified atom stereocenters. The lowest BCUT2D eigenvalue weighted by atomic mass is 9.99. The molecule has 5 heteroatoms. The summed E-state index contributed by atoms with van der Waals surface area (Å²) in [5.41, 5.74) is 0.629. The van der Waals surface area contributed by atoms with Gasteiger partial charge in [-0.1, -0.05) is 25.0 Å². The molecule has 0 aromatic heterocycles. The number of aliphatic hydroxyl groups is 1. The summed E-state index contributed by atoms with van der Waals surface area (Å²) >= 11 is 0. The first kappa shape index (κ1) is 14.5. The van der Waals surface area contributed by atoms with Gasteiger partial charge in [0.15, 0.2) is 5.78 Å². The highest BCUT2D eigenvalue weighted by Crippen LogP contribution is 2.29. The van der Waals surface area contributed by atoms with E-state index in [4.69, 9.17) is 0 Å². The molecule has 1 aliphatic carbocycles. The van der Waals surface area contributed by atoms with Gasteiger partial charge in [0.1, 0.15) is 0 Å². The maximum atomic E-state index is 12.0. The zero-order chi connectivity index (χ0) is 14.6. The molecule has 1 saturated carbocycles. The Labute approximate surface area is 118 Å². The van der Waals surface area contributed by atoms with E-state index >= 15 is 0 Å². The molecule has 1 aliphatic rings. The number of rotatable bonds is 4. The molecule has 20 heavy (non-hydrogen) atoms. The van der Waals surface area contributed by atoms with Gasteiger partial charge in [-0.15, -0.1) is 0 Å². The molecule has 0 heterocycles. The Kier molecular flexibility index (Phi) is 4.39. The third-order valence-corrected chi connectivity index (χ3v) is 3.77. The summed E-state index contributed by atoms with van der Waals surface area (Å²) in [4.78, 5) is 23.3. The summed E-state index contributed by atoms with van der Waals surface area (Å²) in [6.07, 6.45) is 3.62. The highest BCUT2D eigenvalue weighted by atomic mass is 16.3. The van der Waals surface area contributed by atoms with Crippen molar-refractivity contribution in [1.29, 1.82) is 0 Å². The Morgan fingerprint density at radius 2 is 2.00 bits per heavy atom. The van der Waals surface area contributed by atoms with Crippen LogP contribution in [0.4, 0.5) is 10.5 Å². The summed E-state index contributed by atoms with van der Waals surface area (Å²) in [7, 11) is 0. The first-order valence-electron chi connectivity index (χ1n) is 6.86. The molecule has 3 N–H and O–H groups in total. The number of carbonyl (C=O) groups excluding carboxylic acids is 2. The summed E-state index contributed by atoms with van der Waals surface area (Å²) in [5, 5.41) is 15.0. The van der Waals surface area contributed by atoms with Crippen LogP contribution < -0.4 is 10.6 Å². The van der Waals surface area contributed by atoms with Crippen molar-refractivity contribution >= 4 is 17.5 Å². The highest BCUT2D eigenvalue weighted by Gasteiger charge is 2.34. The van der Waals surface area contributed by atoms with Gasteiger partial charge < -0.3 is 15.7 Å². The molecule has 0 bridgehead atoms. The smallest absolute Gasteiger partial charge is 0.319 e. The van der Waals surface area contributed by atoms with Crippen molar-refractivity contribution in [2.75, 3.05) is 11.9 Å². The summed E-state index contributed by atoms with van der Waals surface area (Å²) in [6, 6.07) is 6.46. The van der Waals surface area contributed by atoms with Gasteiger partial charge in [0.25, 0.3) is 0 Å². The minimum atomic E-state index is -0.498. The van der Waals surface area contributed by atoms with E-state index in [9.17, 15) is 14.7 Å². The number of hydrogen-bond donors (Lipinski definition) is 3. The largest absolute Gasteiger partial charge is 0.394 e. The van der Waals surface area contributed by atoms with Crippen LogP contribution in [-0.4, -0.2) is 29.1 Å². The number of aliphatic hydroxyl groups excluding tert-OH is 1. The lowest BCUT2D eigenvalue weighted by molar-refractivity contribution is 0.101. The Morgan fingerprint density at radius 1 is 1.30 bits per heavy atom. The predicted molar refractivity (Wildman–Crippen MR) is 76.9 cm³/mol. The molecule has 5 nitrogen and oxygen atoms in total. The quantitative estimate of drug-likeness (QED) is 0.738. The molecule has 0 atom stereocenters. The molecular formula is C15H20N2O3. The molecule has 108 valence electrons. The molecule has 1 aromatic carbocycles. The van der Waals surface area contributed by atoms with Crippen LogP contribution in [-0.2, 0) is 0 Å². The second-order valence-electron chi connectivity index (χ2n) is 5.36. The minimum Gasteiger partial charge on any atom is -0.394 e. The summed E-state index contributed by atoms with van der Waals surface area (Å²) in [6.45, 7) is 1.44. The van der Waals surface area contributed by atoms with Crippen molar-refractivity contribution in [3.63, 3.8) is 0 Å². The van der Waals surface area contributed by atoms with Crippen molar-refractivity contribution in [3.05, 3.63) is 29.8 Å². The Bertz CT molecular complexity index is 508. The van der Waals surface area contributed by atoms with E-state index in [2.05, 4.69) is 10.6 Å². The van der Waals surface area contributed by atoms with E-state index < -0.39 is 5.54 Å². The standard InChI is InChI=1S/C15H20N2O3/c1-11(19)12-5-4-6-13(9-12)16-14(20)17-15(10-18)7-2-3-8-15/h4-6,9,18H,2-3,7-8,10H2,1H3,(H2,16,17,20). The van der Waals surface area contributed by atoms with E-state index in [1.165, 1.54) is 6.92 Å². The number of ketones is 1. The highest BCUT2D eigenvalue weighted by molar-refractivity contribution is 5.96. The molecule has 0 spiro atoms. The lowest BCUT2D eigenvalue weighted by Crippen LogP contribution is -2.50. The Morgan fingerprint density at radius 3 is 2.60 bits per heavy atom. The van der Waals surface area contributed by atoms with E-state index in [0.717, 1.165) is 25.7 Å². The Hall–Kier alpha value is -1.88. The number of hydrogen-bond acceptors (Lipinski definition) is 3. The topological polar surface area (TPSA) is 78.4 Å². The van der Waals surface area contributed by atoms with Crippen LogP contribution in [0.1, 0.15) is 43.0 Å². The van der Waals surface area contributed by atoms with Gasteiger partial charge in [-0.05, 0) is 31.9 Å². The van der Waals surface area contributed by atoms with E-state index in [1.54, 1.807) is 24.3 Å². The van der Waals surface area contributed by atoms with Crippen LogP contribution in [0.25, 0.3) is 0 Å². The molecule has 0 radical (unpaired) electrons. The van der Waals surface area contributed by atoms with Crippen LogP contribution in [0.3, 0.4) is 0 Å². The van der Waals surface area contributed by atoms with Gasteiger partial charge in [-0.2, -0.15) is 0 Å². The number of amides is 2. The van der Waals surface area contributed by atoms with Gasteiger partial charge in [-0.3, -0.25) is 4.79 Å². The second kappa shape index (κ2) is 6.05. The zero-order valence-corrected chi connectivity index (χ0v) is 11.6. The predicted octanol–water partition coefficient (Wildman–Crippen LogP) is 2.32. The summed E-state index contributed by atoms with van der Waals surface area (Å²) in [5.74, 6) is -0.0447. The fourth-order valence-electron chi connectivity index (χ4n) is 2.59. The third kappa shape index (κ3) is 3.36. The van der Waals surface area contributed by atoms with Crippen LogP contribution >= 0.6 is 0 Å². The molecule has 1 aromatic rings.